The summed E-state index contributed by atoms with van der Waals surface area (Å²) in [5.41, 5.74) is 3.64. The lowest BCUT2D eigenvalue weighted by atomic mass is 9.40. The largest absolute Gasteiger partial charge is 0.262 e. The Kier molecular flexibility index (Phi) is 2.83. The highest BCUT2D eigenvalue weighted by atomic mass is 15.0. The summed E-state index contributed by atoms with van der Waals surface area (Å²) in [5.74, 6) is 0. The van der Waals surface area contributed by atoms with E-state index in [1.165, 1.54) is 0 Å². The van der Waals surface area contributed by atoms with Gasteiger partial charge in [-0.2, -0.15) is 0 Å². The molecule has 2 aliphatic heterocycles. The minimum atomic E-state index is -0.189. The van der Waals surface area contributed by atoms with E-state index in [-0.39, 0.29) is 21.7 Å². The van der Waals surface area contributed by atoms with Gasteiger partial charge in [-0.3, -0.25) is 9.98 Å². The predicted octanol–water partition coefficient (Wildman–Crippen LogP) is 5.03. The van der Waals surface area contributed by atoms with E-state index in [1.54, 1.807) is 0 Å². The third kappa shape index (κ3) is 1.26. The molecule has 2 atom stereocenters. The molecular formula is C18H28N2. The maximum absolute atomic E-state index is 4.83. The summed E-state index contributed by atoms with van der Waals surface area (Å²) in [7, 11) is 0. The molecule has 2 heteroatoms. The fourth-order valence-corrected chi connectivity index (χ4v) is 4.27. The van der Waals surface area contributed by atoms with Gasteiger partial charge in [0.1, 0.15) is 0 Å². The molecule has 0 saturated carbocycles. The lowest BCUT2D eigenvalue weighted by Crippen LogP contribution is -2.65. The van der Waals surface area contributed by atoms with Crippen molar-refractivity contribution in [3.8, 4) is 0 Å². The molecule has 0 radical (unpaired) electrons. The Morgan fingerprint density at radius 3 is 1.60 bits per heavy atom. The van der Waals surface area contributed by atoms with E-state index >= 15 is 0 Å². The van der Waals surface area contributed by atoms with Crippen molar-refractivity contribution in [1.29, 1.82) is 0 Å². The van der Waals surface area contributed by atoms with E-state index in [9.17, 15) is 0 Å². The summed E-state index contributed by atoms with van der Waals surface area (Å²) in [4.78, 5) is 9.65. The first-order valence-corrected chi connectivity index (χ1v) is 7.35. The van der Waals surface area contributed by atoms with Crippen molar-refractivity contribution in [2.24, 2.45) is 31.6 Å². The Morgan fingerprint density at radius 2 is 1.10 bits per heavy atom. The highest BCUT2D eigenvalue weighted by Crippen LogP contribution is 2.69. The van der Waals surface area contributed by atoms with Gasteiger partial charge in [0, 0.05) is 44.5 Å². The Balaban J connectivity index is 2.95. The van der Waals surface area contributed by atoms with Gasteiger partial charge in [0.05, 0.1) is 0 Å². The lowest BCUT2D eigenvalue weighted by Gasteiger charge is -2.65. The molecule has 0 saturated heterocycles. The topological polar surface area (TPSA) is 24.7 Å². The molecule has 0 aromatic rings. The second kappa shape index (κ2) is 3.72. The van der Waals surface area contributed by atoms with Crippen LogP contribution in [-0.2, 0) is 0 Å². The standard InChI is InChI=1S/C18H28N2/c1-11-15(5,6)17(9)14(4)20-12(2)16(7,8)18(17,10)13(3)19-11/h1,4H2,2-3,5-10H3. The lowest BCUT2D eigenvalue weighted by molar-refractivity contribution is -0.0129. The van der Waals surface area contributed by atoms with Gasteiger partial charge in [-0.25, -0.2) is 0 Å². The number of hydrogen-bond donors (Lipinski definition) is 0. The molecule has 2 unspecified atom stereocenters. The van der Waals surface area contributed by atoms with Crippen molar-refractivity contribution in [1.82, 2.24) is 0 Å². The monoisotopic (exact) mass is 272 g/mol. The van der Waals surface area contributed by atoms with Crippen LogP contribution in [0.15, 0.2) is 34.5 Å². The van der Waals surface area contributed by atoms with Crippen LogP contribution in [0, 0.1) is 21.7 Å². The van der Waals surface area contributed by atoms with Crippen molar-refractivity contribution in [2.75, 3.05) is 0 Å². The Hall–Kier alpha value is -1.18. The van der Waals surface area contributed by atoms with E-state index in [0.717, 1.165) is 22.8 Å². The number of allylic oxidation sites excluding steroid dienone is 2. The SMILES string of the molecule is C=C1N=C(C)C2(C)C(C)(C)C(C)=NC(=C)C2(C)C1(C)C. The molecule has 2 rings (SSSR count). The van der Waals surface area contributed by atoms with Crippen LogP contribution in [0.25, 0.3) is 0 Å². The van der Waals surface area contributed by atoms with Crippen LogP contribution in [-0.4, -0.2) is 11.4 Å². The van der Waals surface area contributed by atoms with Gasteiger partial charge < -0.3 is 0 Å². The van der Waals surface area contributed by atoms with Crippen LogP contribution in [0.2, 0.25) is 0 Å². The quantitative estimate of drug-likeness (QED) is 0.591. The normalized spacial score (nSPS) is 39.0. The van der Waals surface area contributed by atoms with Crippen molar-refractivity contribution in [2.45, 2.75) is 55.4 Å². The summed E-state index contributed by atoms with van der Waals surface area (Å²) in [6, 6.07) is 0. The van der Waals surface area contributed by atoms with Gasteiger partial charge in [0.2, 0.25) is 0 Å². The minimum Gasteiger partial charge on any atom is -0.262 e. The molecule has 0 aliphatic carbocycles. The van der Waals surface area contributed by atoms with Crippen LogP contribution in [0.1, 0.15) is 55.4 Å². The van der Waals surface area contributed by atoms with Gasteiger partial charge in [0.15, 0.2) is 0 Å². The van der Waals surface area contributed by atoms with E-state index in [4.69, 9.17) is 9.98 Å². The number of hydrogen-bond acceptors (Lipinski definition) is 2. The maximum atomic E-state index is 4.83. The first-order valence-electron chi connectivity index (χ1n) is 7.35. The summed E-state index contributed by atoms with van der Waals surface area (Å²) < 4.78 is 0. The first kappa shape index (κ1) is 15.2. The van der Waals surface area contributed by atoms with E-state index in [0.29, 0.717) is 0 Å². The molecule has 0 aromatic carbocycles. The molecular weight excluding hydrogens is 244 g/mol. The van der Waals surface area contributed by atoms with E-state index < -0.39 is 0 Å². The zero-order valence-electron chi connectivity index (χ0n) is 14.3. The number of fused-ring (bicyclic) bond motifs is 1. The molecule has 0 fully saturated rings. The predicted molar refractivity (Wildman–Crippen MR) is 88.3 cm³/mol. The second-order valence-corrected chi connectivity index (χ2v) is 7.79. The van der Waals surface area contributed by atoms with Crippen LogP contribution < -0.4 is 0 Å². The van der Waals surface area contributed by atoms with Crippen LogP contribution >= 0.6 is 0 Å². The second-order valence-electron chi connectivity index (χ2n) is 7.79. The Bertz CT molecular complexity index is 574. The summed E-state index contributed by atoms with van der Waals surface area (Å²) >= 11 is 0. The van der Waals surface area contributed by atoms with Crippen LogP contribution in [0.4, 0.5) is 0 Å². The number of rotatable bonds is 0. The number of nitrogens with zero attached hydrogens (tertiary/aromatic N) is 2. The maximum Gasteiger partial charge on any atom is 0.0409 e. The molecule has 0 amide bonds. The molecule has 20 heavy (non-hydrogen) atoms. The Morgan fingerprint density at radius 1 is 0.650 bits per heavy atom. The molecule has 0 N–H and O–H groups in total. The molecule has 2 heterocycles. The molecule has 2 aliphatic rings. The zero-order valence-corrected chi connectivity index (χ0v) is 14.3. The van der Waals surface area contributed by atoms with Gasteiger partial charge in [-0.15, -0.1) is 0 Å². The average Bonchev–Trinajstić information content (AvgIpc) is 2.32. The van der Waals surface area contributed by atoms with Gasteiger partial charge in [0.25, 0.3) is 0 Å². The fourth-order valence-electron chi connectivity index (χ4n) is 4.27. The number of aliphatic imine (C=N–C) groups is 2. The molecule has 0 spiro atoms. The van der Waals surface area contributed by atoms with Gasteiger partial charge >= 0.3 is 0 Å². The average molecular weight is 272 g/mol. The Labute approximate surface area is 123 Å². The molecule has 0 bridgehead atoms. The van der Waals surface area contributed by atoms with Crippen LogP contribution in [0.5, 0.6) is 0 Å². The summed E-state index contributed by atoms with van der Waals surface area (Å²) in [6.07, 6.45) is 0. The van der Waals surface area contributed by atoms with Gasteiger partial charge in [-0.05, 0) is 13.8 Å². The smallest absolute Gasteiger partial charge is 0.0409 e. The third-order valence-corrected chi connectivity index (χ3v) is 7.03. The summed E-state index contributed by atoms with van der Waals surface area (Å²) in [5, 5.41) is 0. The van der Waals surface area contributed by atoms with Crippen molar-refractivity contribution >= 4 is 11.4 Å². The minimum absolute atomic E-state index is 0.0610. The summed E-state index contributed by atoms with van der Waals surface area (Å²) in [6.45, 7) is 26.4. The van der Waals surface area contributed by atoms with Gasteiger partial charge in [-0.1, -0.05) is 54.7 Å². The first-order chi connectivity index (χ1) is 8.85. The van der Waals surface area contributed by atoms with Crippen molar-refractivity contribution < 1.29 is 0 Å². The van der Waals surface area contributed by atoms with E-state index in [1.807, 2.05) is 0 Å². The third-order valence-electron chi connectivity index (χ3n) is 7.03. The molecule has 2 nitrogen and oxygen atoms in total. The van der Waals surface area contributed by atoms with Crippen molar-refractivity contribution in [3.05, 3.63) is 24.6 Å². The van der Waals surface area contributed by atoms with Crippen molar-refractivity contribution in [3.63, 3.8) is 0 Å². The highest BCUT2D eigenvalue weighted by Gasteiger charge is 2.67. The molecule has 110 valence electrons. The highest BCUT2D eigenvalue weighted by molar-refractivity contribution is 6.01. The zero-order chi connectivity index (χ0) is 15.7. The fraction of sp³-hybridized carbons (Fsp3) is 0.667. The molecule has 0 aromatic heterocycles. The van der Waals surface area contributed by atoms with E-state index in [2.05, 4.69) is 68.5 Å². The van der Waals surface area contributed by atoms with Crippen LogP contribution in [0.3, 0.4) is 0 Å².